The number of amides is 2. The van der Waals surface area contributed by atoms with E-state index >= 15 is 0 Å². The van der Waals surface area contributed by atoms with Crippen LogP contribution in [0.15, 0.2) is 48.5 Å². The number of para-hydroxylation sites is 1. The molecular weight excluding hydrogens is 390 g/mol. The quantitative estimate of drug-likeness (QED) is 0.715. The SMILES string of the molecule is COc1ccccc1CN1CCC(NC(=O)c2ccc(NC(=O)C3CC3C)cc2)CC1. The average molecular weight is 422 g/mol. The van der Waals surface area contributed by atoms with Crippen LogP contribution in [-0.2, 0) is 11.3 Å². The predicted molar refractivity (Wildman–Crippen MR) is 121 cm³/mol. The van der Waals surface area contributed by atoms with E-state index in [2.05, 4.69) is 28.5 Å². The Morgan fingerprint density at radius 2 is 1.74 bits per heavy atom. The van der Waals surface area contributed by atoms with E-state index in [9.17, 15) is 9.59 Å². The lowest BCUT2D eigenvalue weighted by Crippen LogP contribution is -2.44. The number of piperidine rings is 1. The molecule has 31 heavy (non-hydrogen) atoms. The molecular formula is C25H31N3O3. The Bertz CT molecular complexity index is 920. The molecule has 2 fully saturated rings. The molecule has 6 nitrogen and oxygen atoms in total. The number of nitrogens with one attached hydrogen (secondary N) is 2. The smallest absolute Gasteiger partial charge is 0.251 e. The summed E-state index contributed by atoms with van der Waals surface area (Å²) in [5.41, 5.74) is 2.55. The van der Waals surface area contributed by atoms with Crippen LogP contribution >= 0.6 is 0 Å². The summed E-state index contributed by atoms with van der Waals surface area (Å²) in [5, 5.41) is 6.09. The van der Waals surface area contributed by atoms with E-state index in [1.807, 2.05) is 18.2 Å². The minimum atomic E-state index is -0.0585. The van der Waals surface area contributed by atoms with Crippen LogP contribution in [-0.4, -0.2) is 43.0 Å². The second-order valence-electron chi connectivity index (χ2n) is 8.72. The zero-order chi connectivity index (χ0) is 21.8. The molecule has 2 unspecified atom stereocenters. The normalized spacial score (nSPS) is 21.4. The lowest BCUT2D eigenvalue weighted by Gasteiger charge is -2.32. The summed E-state index contributed by atoms with van der Waals surface area (Å²) in [4.78, 5) is 27.1. The van der Waals surface area contributed by atoms with Crippen LogP contribution in [0.5, 0.6) is 5.75 Å². The van der Waals surface area contributed by atoms with E-state index in [1.54, 1.807) is 31.4 Å². The Morgan fingerprint density at radius 3 is 2.39 bits per heavy atom. The van der Waals surface area contributed by atoms with Crippen molar-refractivity contribution in [2.75, 3.05) is 25.5 Å². The molecule has 2 N–H and O–H groups in total. The first-order chi connectivity index (χ1) is 15.0. The molecule has 1 saturated carbocycles. The number of benzene rings is 2. The van der Waals surface area contributed by atoms with Gasteiger partial charge in [-0.15, -0.1) is 0 Å². The minimum absolute atomic E-state index is 0.0585. The average Bonchev–Trinajstić information content (AvgIpc) is 3.53. The summed E-state index contributed by atoms with van der Waals surface area (Å²) >= 11 is 0. The summed E-state index contributed by atoms with van der Waals surface area (Å²) in [7, 11) is 1.70. The molecule has 0 radical (unpaired) electrons. The van der Waals surface area contributed by atoms with Crippen LogP contribution in [0.2, 0.25) is 0 Å². The molecule has 6 heteroatoms. The van der Waals surface area contributed by atoms with Crippen LogP contribution in [0.25, 0.3) is 0 Å². The number of nitrogens with zero attached hydrogens (tertiary/aromatic N) is 1. The maximum atomic E-state index is 12.6. The highest BCUT2D eigenvalue weighted by Crippen LogP contribution is 2.38. The predicted octanol–water partition coefficient (Wildman–Crippen LogP) is 3.68. The standard InChI is InChI=1S/C25H31N3O3/c1-17-15-22(17)25(30)27-20-9-7-18(8-10-20)24(29)26-21-11-13-28(14-12-21)16-19-5-3-4-6-23(19)31-2/h3-10,17,21-22H,11-16H2,1-2H3,(H,26,29)(H,27,30). The molecule has 2 amide bonds. The number of likely N-dealkylation sites (tertiary alicyclic amines) is 1. The van der Waals surface area contributed by atoms with Crippen molar-refractivity contribution in [2.24, 2.45) is 11.8 Å². The highest BCUT2D eigenvalue weighted by atomic mass is 16.5. The summed E-state index contributed by atoms with van der Waals surface area (Å²) in [6.07, 6.45) is 2.81. The number of anilines is 1. The van der Waals surface area contributed by atoms with Gasteiger partial charge >= 0.3 is 0 Å². The molecule has 0 spiro atoms. The molecule has 1 heterocycles. The number of methoxy groups -OCH3 is 1. The minimum Gasteiger partial charge on any atom is -0.496 e. The van der Waals surface area contributed by atoms with Crippen LogP contribution in [0.3, 0.4) is 0 Å². The lowest BCUT2D eigenvalue weighted by atomic mass is 10.0. The van der Waals surface area contributed by atoms with Crippen molar-refractivity contribution in [1.82, 2.24) is 10.2 Å². The van der Waals surface area contributed by atoms with Crippen LogP contribution in [0.4, 0.5) is 5.69 Å². The van der Waals surface area contributed by atoms with Crippen LogP contribution in [0.1, 0.15) is 42.1 Å². The number of rotatable bonds is 7. The third-order valence-corrected chi connectivity index (χ3v) is 6.37. The first-order valence-electron chi connectivity index (χ1n) is 11.1. The van der Waals surface area contributed by atoms with Crippen molar-refractivity contribution in [3.05, 3.63) is 59.7 Å². The second kappa shape index (κ2) is 9.52. The van der Waals surface area contributed by atoms with Crippen molar-refractivity contribution in [2.45, 2.75) is 38.8 Å². The van der Waals surface area contributed by atoms with Crippen LogP contribution < -0.4 is 15.4 Å². The Balaban J connectivity index is 1.24. The van der Waals surface area contributed by atoms with Gasteiger partial charge in [-0.25, -0.2) is 0 Å². The van der Waals surface area contributed by atoms with E-state index in [0.29, 0.717) is 11.5 Å². The van der Waals surface area contributed by atoms with Gasteiger partial charge in [0.2, 0.25) is 5.91 Å². The van der Waals surface area contributed by atoms with Gasteiger partial charge in [-0.3, -0.25) is 14.5 Å². The van der Waals surface area contributed by atoms with Gasteiger partial charge in [0.15, 0.2) is 0 Å². The van der Waals surface area contributed by atoms with Crippen molar-refractivity contribution in [1.29, 1.82) is 0 Å². The van der Waals surface area contributed by atoms with Crippen molar-refractivity contribution < 1.29 is 14.3 Å². The largest absolute Gasteiger partial charge is 0.496 e. The van der Waals surface area contributed by atoms with E-state index in [4.69, 9.17) is 4.74 Å². The summed E-state index contributed by atoms with van der Waals surface area (Å²) < 4.78 is 5.45. The Hall–Kier alpha value is -2.86. The monoisotopic (exact) mass is 421 g/mol. The summed E-state index contributed by atoms with van der Waals surface area (Å²) in [5.74, 6) is 1.55. The molecule has 0 aromatic heterocycles. The molecule has 1 saturated heterocycles. The Morgan fingerprint density at radius 1 is 1.06 bits per heavy atom. The van der Waals surface area contributed by atoms with Gasteiger partial charge in [0.1, 0.15) is 5.75 Å². The molecule has 4 rings (SSSR count). The second-order valence-corrected chi connectivity index (χ2v) is 8.72. The van der Waals surface area contributed by atoms with Crippen molar-refractivity contribution in [3.63, 3.8) is 0 Å². The lowest BCUT2D eigenvalue weighted by molar-refractivity contribution is -0.117. The van der Waals surface area contributed by atoms with E-state index < -0.39 is 0 Å². The zero-order valence-electron chi connectivity index (χ0n) is 18.3. The number of carbonyl (C=O) groups is 2. The number of carbonyl (C=O) groups excluding carboxylic acids is 2. The number of hydrogen-bond acceptors (Lipinski definition) is 4. The summed E-state index contributed by atoms with van der Waals surface area (Å²) in [6.45, 7) is 4.82. The molecule has 2 aromatic rings. The Labute approximate surface area is 184 Å². The van der Waals surface area contributed by atoms with Gasteiger partial charge in [0.05, 0.1) is 7.11 Å². The fraction of sp³-hybridized carbons (Fsp3) is 0.440. The fourth-order valence-corrected chi connectivity index (χ4v) is 4.21. The van der Waals surface area contributed by atoms with E-state index in [0.717, 1.165) is 50.3 Å². The molecule has 2 aromatic carbocycles. The number of hydrogen-bond donors (Lipinski definition) is 2. The van der Waals surface area contributed by atoms with Gasteiger partial charge in [0.25, 0.3) is 5.91 Å². The van der Waals surface area contributed by atoms with Gasteiger partial charge in [-0.05, 0) is 55.5 Å². The van der Waals surface area contributed by atoms with Gasteiger partial charge in [-0.1, -0.05) is 25.1 Å². The third-order valence-electron chi connectivity index (χ3n) is 6.37. The third kappa shape index (κ3) is 5.44. The highest BCUT2D eigenvalue weighted by Gasteiger charge is 2.39. The molecule has 1 aliphatic carbocycles. The molecule has 1 aliphatic heterocycles. The molecule has 2 atom stereocenters. The zero-order valence-corrected chi connectivity index (χ0v) is 18.3. The summed E-state index contributed by atoms with van der Waals surface area (Å²) in [6, 6.07) is 15.4. The molecule has 2 aliphatic rings. The van der Waals surface area contributed by atoms with Gasteiger partial charge in [0, 0.05) is 48.4 Å². The first kappa shape index (κ1) is 21.4. The van der Waals surface area contributed by atoms with Gasteiger partial charge in [-0.2, -0.15) is 0 Å². The maximum absolute atomic E-state index is 12.6. The van der Waals surface area contributed by atoms with Crippen molar-refractivity contribution >= 4 is 17.5 Å². The van der Waals surface area contributed by atoms with E-state index in [1.165, 1.54) is 5.56 Å². The van der Waals surface area contributed by atoms with E-state index in [-0.39, 0.29) is 23.8 Å². The highest BCUT2D eigenvalue weighted by molar-refractivity contribution is 5.97. The molecule has 0 bridgehead atoms. The first-order valence-corrected chi connectivity index (χ1v) is 11.1. The maximum Gasteiger partial charge on any atom is 0.251 e. The van der Waals surface area contributed by atoms with Gasteiger partial charge < -0.3 is 15.4 Å². The number of ether oxygens (including phenoxy) is 1. The van der Waals surface area contributed by atoms with Crippen LogP contribution in [0, 0.1) is 11.8 Å². The Kier molecular flexibility index (Phi) is 6.56. The topological polar surface area (TPSA) is 70.7 Å². The molecule has 164 valence electrons. The van der Waals surface area contributed by atoms with Crippen molar-refractivity contribution in [3.8, 4) is 5.75 Å². The fourth-order valence-electron chi connectivity index (χ4n) is 4.21.